The molecule has 0 fully saturated rings. The highest BCUT2D eigenvalue weighted by Gasteiger charge is 2.11. The molecule has 0 aromatic carbocycles. The Kier molecular flexibility index (Phi) is 5.66. The van der Waals surface area contributed by atoms with E-state index in [1.165, 1.54) is 56.9 Å². The Hall–Kier alpha value is -1.07. The number of rotatable bonds is 0. The molecule has 0 unspecified atom stereocenters. The predicted octanol–water partition coefficient (Wildman–Crippen LogP) is 4.83. The van der Waals surface area contributed by atoms with Gasteiger partial charge >= 0.3 is 0 Å². The van der Waals surface area contributed by atoms with E-state index < -0.39 is 0 Å². The molecule has 2 nitrogen and oxygen atoms in total. The molecule has 102 valence electrons. The second kappa shape index (κ2) is 7.50. The van der Waals surface area contributed by atoms with Crippen LogP contribution in [0.25, 0.3) is 0 Å². The summed E-state index contributed by atoms with van der Waals surface area (Å²) >= 11 is 6.05. The fourth-order valence-electron chi connectivity index (χ4n) is 2.75. The number of aromatic nitrogens is 1. The van der Waals surface area contributed by atoms with Crippen molar-refractivity contribution in [2.45, 2.75) is 64.2 Å². The lowest BCUT2D eigenvalue weighted by molar-refractivity contribution is 0.557. The molecule has 0 spiro atoms. The standard InChI is InChI=1S/C16H21ClN2/c17-16-14(12-18)11-13-9-7-5-3-1-2-4-6-8-10-15(13)19-16/h11H,1-10H2. The molecule has 0 amide bonds. The van der Waals surface area contributed by atoms with E-state index >= 15 is 0 Å². The lowest BCUT2D eigenvalue weighted by Crippen LogP contribution is -2.02. The SMILES string of the molecule is N#Cc1cc2c(nc1Cl)CCCCCCCCCC2. The van der Waals surface area contributed by atoms with Gasteiger partial charge in [0.25, 0.3) is 0 Å². The predicted molar refractivity (Wildman–Crippen MR) is 78.3 cm³/mol. The van der Waals surface area contributed by atoms with Crippen molar-refractivity contribution in [1.82, 2.24) is 4.98 Å². The molecular formula is C16H21ClN2. The molecule has 0 radical (unpaired) electrons. The zero-order valence-corrected chi connectivity index (χ0v) is 12.2. The Bertz CT molecular complexity index is 463. The van der Waals surface area contributed by atoms with Crippen LogP contribution in [0.2, 0.25) is 5.15 Å². The van der Waals surface area contributed by atoms with Crippen molar-refractivity contribution >= 4 is 11.6 Å². The van der Waals surface area contributed by atoms with Crippen LogP contribution in [0.4, 0.5) is 0 Å². The van der Waals surface area contributed by atoms with Gasteiger partial charge in [-0.1, -0.05) is 50.1 Å². The normalized spacial score (nSPS) is 17.7. The Labute approximate surface area is 120 Å². The summed E-state index contributed by atoms with van der Waals surface area (Å²) in [5.41, 5.74) is 2.87. The molecule has 1 aliphatic carbocycles. The Morgan fingerprint density at radius 1 is 0.947 bits per heavy atom. The maximum Gasteiger partial charge on any atom is 0.147 e. The molecule has 19 heavy (non-hydrogen) atoms. The Morgan fingerprint density at radius 2 is 1.53 bits per heavy atom. The molecule has 2 rings (SSSR count). The summed E-state index contributed by atoms with van der Waals surface area (Å²) in [5.74, 6) is 0. The van der Waals surface area contributed by atoms with E-state index in [0.717, 1.165) is 18.5 Å². The van der Waals surface area contributed by atoms with Crippen molar-refractivity contribution in [3.8, 4) is 6.07 Å². The third-order valence-corrected chi connectivity index (χ3v) is 4.16. The number of pyridine rings is 1. The van der Waals surface area contributed by atoms with Crippen LogP contribution >= 0.6 is 11.6 Å². The molecule has 0 aliphatic heterocycles. The van der Waals surface area contributed by atoms with Crippen molar-refractivity contribution in [2.75, 3.05) is 0 Å². The zero-order valence-electron chi connectivity index (χ0n) is 11.4. The molecule has 0 atom stereocenters. The number of nitrogens with zero attached hydrogens (tertiary/aromatic N) is 2. The van der Waals surface area contributed by atoms with Gasteiger partial charge in [0, 0.05) is 5.69 Å². The number of hydrogen-bond donors (Lipinski definition) is 0. The minimum Gasteiger partial charge on any atom is -0.239 e. The molecule has 0 saturated heterocycles. The smallest absolute Gasteiger partial charge is 0.147 e. The Balaban J connectivity index is 2.18. The maximum absolute atomic E-state index is 9.05. The number of aryl methyl sites for hydroxylation is 2. The minimum atomic E-state index is 0.369. The van der Waals surface area contributed by atoms with Crippen LogP contribution in [0.1, 0.15) is 68.2 Å². The average Bonchev–Trinajstić information content (AvgIpc) is 2.40. The van der Waals surface area contributed by atoms with Crippen LogP contribution in [0.15, 0.2) is 6.07 Å². The molecule has 1 aliphatic rings. The number of fused-ring (bicyclic) bond motifs is 1. The van der Waals surface area contributed by atoms with Gasteiger partial charge in [0.2, 0.25) is 0 Å². The van der Waals surface area contributed by atoms with E-state index in [4.69, 9.17) is 16.9 Å². The third kappa shape index (κ3) is 4.21. The first-order valence-electron chi connectivity index (χ1n) is 7.39. The fraction of sp³-hybridized carbons (Fsp3) is 0.625. The van der Waals surface area contributed by atoms with E-state index in [2.05, 4.69) is 11.1 Å². The topological polar surface area (TPSA) is 36.7 Å². The minimum absolute atomic E-state index is 0.369. The van der Waals surface area contributed by atoms with Gasteiger partial charge < -0.3 is 0 Å². The first kappa shape index (κ1) is 14.3. The van der Waals surface area contributed by atoms with Crippen LogP contribution in [0.3, 0.4) is 0 Å². The first-order chi connectivity index (χ1) is 9.31. The van der Waals surface area contributed by atoms with E-state index in [9.17, 15) is 0 Å². The van der Waals surface area contributed by atoms with Crippen LogP contribution in [-0.2, 0) is 12.8 Å². The van der Waals surface area contributed by atoms with Crippen molar-refractivity contribution in [3.63, 3.8) is 0 Å². The molecule has 3 heteroatoms. The number of halogens is 1. The highest BCUT2D eigenvalue weighted by molar-refractivity contribution is 6.30. The number of nitriles is 1. The summed E-state index contributed by atoms with van der Waals surface area (Å²) in [5, 5.41) is 9.42. The molecular weight excluding hydrogens is 256 g/mol. The molecule has 1 heterocycles. The number of hydrogen-bond acceptors (Lipinski definition) is 2. The molecule has 1 aromatic rings. The van der Waals surface area contributed by atoms with Gasteiger partial charge in [-0.15, -0.1) is 0 Å². The van der Waals surface area contributed by atoms with Gasteiger partial charge in [-0.3, -0.25) is 0 Å². The van der Waals surface area contributed by atoms with Crippen molar-refractivity contribution in [3.05, 3.63) is 28.0 Å². The van der Waals surface area contributed by atoms with Crippen LogP contribution in [0.5, 0.6) is 0 Å². The van der Waals surface area contributed by atoms with Crippen molar-refractivity contribution in [1.29, 1.82) is 5.26 Å². The highest BCUT2D eigenvalue weighted by atomic mass is 35.5. The molecule has 0 N–H and O–H groups in total. The van der Waals surface area contributed by atoms with E-state index in [1.807, 2.05) is 6.07 Å². The second-order valence-corrected chi connectivity index (χ2v) is 5.73. The zero-order chi connectivity index (χ0) is 13.5. The summed E-state index contributed by atoms with van der Waals surface area (Å²) in [6.07, 6.45) is 12.4. The quantitative estimate of drug-likeness (QED) is 0.637. The first-order valence-corrected chi connectivity index (χ1v) is 7.77. The second-order valence-electron chi connectivity index (χ2n) is 5.37. The monoisotopic (exact) mass is 276 g/mol. The van der Waals surface area contributed by atoms with Gasteiger partial charge in [-0.2, -0.15) is 5.26 Å². The summed E-state index contributed by atoms with van der Waals surface area (Å²) < 4.78 is 0. The Morgan fingerprint density at radius 3 is 2.16 bits per heavy atom. The summed E-state index contributed by atoms with van der Waals surface area (Å²) in [7, 11) is 0. The summed E-state index contributed by atoms with van der Waals surface area (Å²) in [4.78, 5) is 4.46. The largest absolute Gasteiger partial charge is 0.239 e. The van der Waals surface area contributed by atoms with Crippen molar-refractivity contribution in [2.24, 2.45) is 0 Å². The highest BCUT2D eigenvalue weighted by Crippen LogP contribution is 2.22. The lowest BCUT2D eigenvalue weighted by Gasteiger charge is -2.12. The fourth-order valence-corrected chi connectivity index (χ4v) is 2.95. The lowest BCUT2D eigenvalue weighted by atomic mass is 9.97. The van der Waals surface area contributed by atoms with Crippen LogP contribution in [0, 0.1) is 11.3 Å². The molecule has 0 bridgehead atoms. The van der Waals surface area contributed by atoms with Gasteiger partial charge in [0.15, 0.2) is 0 Å². The average molecular weight is 277 g/mol. The summed E-state index contributed by atoms with van der Waals surface area (Å²) in [6.45, 7) is 0. The van der Waals surface area contributed by atoms with Crippen LogP contribution < -0.4 is 0 Å². The van der Waals surface area contributed by atoms with Gasteiger partial charge in [0.05, 0.1) is 5.56 Å². The van der Waals surface area contributed by atoms with E-state index in [-0.39, 0.29) is 0 Å². The van der Waals surface area contributed by atoms with E-state index in [0.29, 0.717) is 10.7 Å². The van der Waals surface area contributed by atoms with Gasteiger partial charge in [-0.05, 0) is 37.3 Å². The van der Waals surface area contributed by atoms with Gasteiger partial charge in [-0.25, -0.2) is 4.98 Å². The maximum atomic E-state index is 9.05. The molecule has 1 aromatic heterocycles. The van der Waals surface area contributed by atoms with E-state index in [1.54, 1.807) is 0 Å². The van der Waals surface area contributed by atoms with Gasteiger partial charge in [0.1, 0.15) is 11.2 Å². The molecule has 0 saturated carbocycles. The van der Waals surface area contributed by atoms with Crippen LogP contribution in [-0.4, -0.2) is 4.98 Å². The summed E-state index contributed by atoms with van der Waals surface area (Å²) in [6, 6.07) is 4.09. The van der Waals surface area contributed by atoms with Crippen molar-refractivity contribution < 1.29 is 0 Å². The third-order valence-electron chi connectivity index (χ3n) is 3.87.